The molecule has 0 unspecified atom stereocenters. The number of amides is 2. The summed E-state index contributed by atoms with van der Waals surface area (Å²) < 4.78 is 41.5. The molecule has 0 aliphatic carbocycles. The van der Waals surface area contributed by atoms with E-state index in [0.717, 1.165) is 0 Å². The summed E-state index contributed by atoms with van der Waals surface area (Å²) in [5.74, 6) is -1.69. The molecule has 2 amide bonds. The van der Waals surface area contributed by atoms with Crippen molar-refractivity contribution in [1.29, 1.82) is 0 Å². The fourth-order valence-corrected chi connectivity index (χ4v) is 5.07. The second kappa shape index (κ2) is 9.02. The highest BCUT2D eigenvalue weighted by Crippen LogP contribution is 2.46. The zero-order valence-corrected chi connectivity index (χ0v) is 21.4. The van der Waals surface area contributed by atoms with Gasteiger partial charge in [-0.3, -0.25) is 9.78 Å². The van der Waals surface area contributed by atoms with Crippen molar-refractivity contribution < 1.29 is 27.8 Å². The Kier molecular flexibility index (Phi) is 6.10. The summed E-state index contributed by atoms with van der Waals surface area (Å²) in [6, 6.07) is 4.96. The molecule has 37 heavy (non-hydrogen) atoms. The lowest BCUT2D eigenvalue weighted by atomic mass is 9.98. The quantitative estimate of drug-likeness (QED) is 0.489. The molecule has 8 nitrogen and oxygen atoms in total. The minimum Gasteiger partial charge on any atom is -0.496 e. The Bertz CT molecular complexity index is 1440. The first kappa shape index (κ1) is 25.0. The third-order valence-corrected chi connectivity index (χ3v) is 6.65. The van der Waals surface area contributed by atoms with Crippen molar-refractivity contribution in [2.24, 2.45) is 0 Å². The lowest BCUT2D eigenvalue weighted by Crippen LogP contribution is -2.61. The fraction of sp³-hybridized carbons (Fsp3) is 0.346. The van der Waals surface area contributed by atoms with Gasteiger partial charge in [0.25, 0.3) is 0 Å². The van der Waals surface area contributed by atoms with Crippen LogP contribution in [-0.2, 0) is 9.53 Å². The topological polar surface area (TPSA) is 84.0 Å². The van der Waals surface area contributed by atoms with Gasteiger partial charge in [0.05, 0.1) is 41.8 Å². The number of hydrogen-bond acceptors (Lipinski definition) is 6. The molecule has 3 aromatic rings. The first-order valence-electron chi connectivity index (χ1n) is 11.7. The van der Waals surface area contributed by atoms with Gasteiger partial charge in [0.1, 0.15) is 28.7 Å². The lowest BCUT2D eigenvalue weighted by molar-refractivity contribution is -0.118. The number of hydrogen-bond donors (Lipinski definition) is 1. The molecule has 1 N–H and O–H groups in total. The Balaban J connectivity index is 1.60. The number of nitrogens with zero attached hydrogens (tertiary/aromatic N) is 3. The average molecular weight is 531 g/mol. The van der Waals surface area contributed by atoms with Crippen LogP contribution in [0.5, 0.6) is 5.75 Å². The molecule has 0 saturated carbocycles. The van der Waals surface area contributed by atoms with Gasteiger partial charge in [-0.15, -0.1) is 0 Å². The van der Waals surface area contributed by atoms with Gasteiger partial charge in [-0.25, -0.2) is 13.6 Å². The highest BCUT2D eigenvalue weighted by atomic mass is 35.5. The molecule has 5 rings (SSSR count). The normalized spacial score (nSPS) is 17.3. The number of fused-ring (bicyclic) bond motifs is 5. The molecular formula is C26H25ClF2N4O4. The first-order chi connectivity index (χ1) is 17.5. The number of benzene rings is 2. The summed E-state index contributed by atoms with van der Waals surface area (Å²) in [6.07, 6.45) is 0.855. The number of rotatable bonds is 2. The van der Waals surface area contributed by atoms with E-state index in [4.69, 9.17) is 21.1 Å². The Hall–Kier alpha value is -3.66. The van der Waals surface area contributed by atoms with E-state index in [-0.39, 0.29) is 39.9 Å². The van der Waals surface area contributed by atoms with E-state index in [0.29, 0.717) is 29.9 Å². The monoisotopic (exact) mass is 530 g/mol. The predicted octanol–water partition coefficient (Wildman–Crippen LogP) is 5.22. The van der Waals surface area contributed by atoms with Gasteiger partial charge >= 0.3 is 6.09 Å². The van der Waals surface area contributed by atoms with E-state index in [9.17, 15) is 14.0 Å². The lowest BCUT2D eigenvalue weighted by Gasteiger charge is -2.45. The maximum absolute atomic E-state index is 16.0. The van der Waals surface area contributed by atoms with Crippen LogP contribution in [0.4, 0.5) is 25.0 Å². The summed E-state index contributed by atoms with van der Waals surface area (Å²) in [7, 11) is 1.36. The van der Waals surface area contributed by atoms with Gasteiger partial charge in [-0.2, -0.15) is 0 Å². The van der Waals surface area contributed by atoms with Crippen LogP contribution in [0.3, 0.4) is 0 Å². The van der Waals surface area contributed by atoms with Crippen LogP contribution >= 0.6 is 11.6 Å². The highest BCUT2D eigenvalue weighted by molar-refractivity contribution is 6.34. The molecule has 0 bridgehead atoms. The Morgan fingerprint density at radius 3 is 2.68 bits per heavy atom. The molecule has 1 fully saturated rings. The fourth-order valence-electron chi connectivity index (χ4n) is 4.78. The van der Waals surface area contributed by atoms with Crippen molar-refractivity contribution in [2.75, 3.05) is 37.0 Å². The minimum atomic E-state index is -0.811. The van der Waals surface area contributed by atoms with Gasteiger partial charge in [0.15, 0.2) is 5.82 Å². The van der Waals surface area contributed by atoms with Crippen LogP contribution in [0.15, 0.2) is 30.5 Å². The maximum atomic E-state index is 16.0. The molecule has 2 aliphatic heterocycles. The Labute approximate surface area is 217 Å². The SMILES string of the molecule is COc1cccc(F)c1-c1c(Cl)cc2c3c(cnc2c1F)NC(=O)[C@H]1CN(C(=O)OC(C)(C)C)CCN31. The number of halogens is 3. The number of carbonyl (C=O) groups excluding carboxylic acids is 2. The standard InChI is InChI=1S/C26H25ClF2N4O4/c1-26(2,3)37-25(35)32-8-9-33-17(12-32)24(34)31-16-11-30-22-13(23(16)33)10-14(27)19(21(22)29)20-15(28)6-5-7-18(20)36-4/h5-7,10-11,17H,8-9,12H2,1-4H3,(H,31,34)/t17-/m1/s1. The van der Waals surface area contributed by atoms with Gasteiger partial charge in [-0.05, 0) is 39.0 Å². The van der Waals surface area contributed by atoms with Crippen molar-refractivity contribution in [3.8, 4) is 16.9 Å². The number of carbonyl (C=O) groups is 2. The van der Waals surface area contributed by atoms with Crippen molar-refractivity contribution in [1.82, 2.24) is 9.88 Å². The predicted molar refractivity (Wildman–Crippen MR) is 136 cm³/mol. The second-order valence-electron chi connectivity index (χ2n) is 9.91. The number of methoxy groups -OCH3 is 1. The average Bonchev–Trinajstić information content (AvgIpc) is 2.83. The second-order valence-corrected chi connectivity index (χ2v) is 10.3. The number of ether oxygens (including phenoxy) is 2. The first-order valence-corrected chi connectivity index (χ1v) is 12.1. The van der Waals surface area contributed by atoms with E-state index in [2.05, 4.69) is 10.3 Å². The number of pyridine rings is 1. The van der Waals surface area contributed by atoms with E-state index in [1.165, 1.54) is 42.5 Å². The van der Waals surface area contributed by atoms with E-state index >= 15 is 4.39 Å². The third-order valence-electron chi connectivity index (χ3n) is 6.35. The van der Waals surface area contributed by atoms with E-state index in [1.807, 2.05) is 4.90 Å². The van der Waals surface area contributed by atoms with Crippen LogP contribution in [0.25, 0.3) is 22.0 Å². The summed E-state index contributed by atoms with van der Waals surface area (Å²) in [5, 5.41) is 3.12. The molecule has 1 atom stereocenters. The molecule has 0 radical (unpaired) electrons. The summed E-state index contributed by atoms with van der Waals surface area (Å²) in [4.78, 5) is 33.1. The highest BCUT2D eigenvalue weighted by Gasteiger charge is 2.41. The largest absolute Gasteiger partial charge is 0.496 e. The number of anilines is 2. The zero-order valence-electron chi connectivity index (χ0n) is 20.7. The Morgan fingerprint density at radius 1 is 1.22 bits per heavy atom. The van der Waals surface area contributed by atoms with E-state index < -0.39 is 29.4 Å². The van der Waals surface area contributed by atoms with Gasteiger partial charge < -0.3 is 24.6 Å². The van der Waals surface area contributed by atoms with Crippen LogP contribution in [0.1, 0.15) is 20.8 Å². The number of piperazine rings is 1. The smallest absolute Gasteiger partial charge is 0.410 e. The van der Waals surface area contributed by atoms with Crippen molar-refractivity contribution in [3.05, 3.63) is 47.1 Å². The molecule has 11 heteroatoms. The molecule has 1 aromatic heterocycles. The molecule has 1 saturated heterocycles. The van der Waals surface area contributed by atoms with Crippen LogP contribution in [0.2, 0.25) is 5.02 Å². The van der Waals surface area contributed by atoms with Crippen LogP contribution in [0, 0.1) is 11.6 Å². The number of nitrogens with one attached hydrogen (secondary N) is 1. The molecule has 3 heterocycles. The summed E-state index contributed by atoms with van der Waals surface area (Å²) >= 11 is 6.55. The molecular weight excluding hydrogens is 506 g/mol. The molecule has 0 spiro atoms. The third kappa shape index (κ3) is 4.29. The number of aromatic nitrogens is 1. The van der Waals surface area contributed by atoms with Crippen molar-refractivity contribution in [3.63, 3.8) is 0 Å². The molecule has 2 aliphatic rings. The molecule has 194 valence electrons. The van der Waals surface area contributed by atoms with Gasteiger partial charge in [-0.1, -0.05) is 17.7 Å². The summed E-state index contributed by atoms with van der Waals surface area (Å²) in [6.45, 7) is 5.99. The van der Waals surface area contributed by atoms with Crippen molar-refractivity contribution >= 4 is 45.9 Å². The van der Waals surface area contributed by atoms with Crippen LogP contribution < -0.4 is 15.0 Å². The van der Waals surface area contributed by atoms with Crippen LogP contribution in [-0.4, -0.2) is 60.3 Å². The van der Waals surface area contributed by atoms with Gasteiger partial charge in [0, 0.05) is 24.0 Å². The zero-order chi connectivity index (χ0) is 26.6. The Morgan fingerprint density at radius 2 is 1.97 bits per heavy atom. The van der Waals surface area contributed by atoms with E-state index in [1.54, 1.807) is 20.8 Å². The minimum absolute atomic E-state index is 0.0343. The summed E-state index contributed by atoms with van der Waals surface area (Å²) in [5.41, 5.74) is -0.0520. The maximum Gasteiger partial charge on any atom is 0.410 e. The van der Waals surface area contributed by atoms with Gasteiger partial charge in [0.2, 0.25) is 5.91 Å². The van der Waals surface area contributed by atoms with Crippen molar-refractivity contribution in [2.45, 2.75) is 32.4 Å². The molecule has 2 aromatic carbocycles.